The number of nitrogens with one attached hydrogen (secondary N) is 1. The first-order chi connectivity index (χ1) is 6.79. The van der Waals surface area contributed by atoms with Crippen molar-refractivity contribution in [1.29, 1.82) is 0 Å². The van der Waals surface area contributed by atoms with Gasteiger partial charge in [0.25, 0.3) is 0 Å². The fourth-order valence-corrected chi connectivity index (χ4v) is 2.83. The van der Waals surface area contributed by atoms with Crippen molar-refractivity contribution in [2.75, 3.05) is 6.54 Å². The minimum absolute atomic E-state index is 0.659. The smallest absolute Gasteiger partial charge is 0.00672 e. The Morgan fingerprint density at radius 2 is 1.64 bits per heavy atom. The van der Waals surface area contributed by atoms with E-state index in [9.17, 15) is 0 Å². The van der Waals surface area contributed by atoms with Crippen molar-refractivity contribution in [2.45, 2.75) is 70.8 Å². The third-order valence-electron chi connectivity index (χ3n) is 4.23. The molecule has 1 heteroatoms. The summed E-state index contributed by atoms with van der Waals surface area (Å²) in [6.07, 6.45) is 13.1. The van der Waals surface area contributed by atoms with Gasteiger partial charge in [0.2, 0.25) is 0 Å². The Balaban J connectivity index is 1.68. The van der Waals surface area contributed by atoms with Gasteiger partial charge < -0.3 is 5.32 Å². The lowest BCUT2D eigenvalue weighted by Crippen LogP contribution is -2.41. The van der Waals surface area contributed by atoms with E-state index >= 15 is 0 Å². The monoisotopic (exact) mass is 195 g/mol. The van der Waals surface area contributed by atoms with Crippen LogP contribution in [0.2, 0.25) is 0 Å². The van der Waals surface area contributed by atoms with Gasteiger partial charge in [-0.3, -0.25) is 0 Å². The molecule has 0 bridgehead atoms. The van der Waals surface area contributed by atoms with E-state index in [0.717, 1.165) is 6.04 Å². The van der Waals surface area contributed by atoms with Crippen LogP contribution in [-0.4, -0.2) is 12.6 Å². The van der Waals surface area contributed by atoms with Gasteiger partial charge in [0.15, 0.2) is 0 Å². The third-order valence-corrected chi connectivity index (χ3v) is 4.23. The highest BCUT2D eigenvalue weighted by Crippen LogP contribution is 2.39. The van der Waals surface area contributed by atoms with Gasteiger partial charge in [0.1, 0.15) is 0 Å². The van der Waals surface area contributed by atoms with Gasteiger partial charge in [-0.1, -0.05) is 39.0 Å². The first kappa shape index (κ1) is 10.5. The lowest BCUT2D eigenvalue weighted by molar-refractivity contribution is 0.149. The molecule has 0 aromatic heterocycles. The van der Waals surface area contributed by atoms with Gasteiger partial charge in [-0.2, -0.15) is 0 Å². The van der Waals surface area contributed by atoms with Crippen molar-refractivity contribution in [3.05, 3.63) is 0 Å². The van der Waals surface area contributed by atoms with Crippen molar-refractivity contribution in [3.63, 3.8) is 0 Å². The number of rotatable bonds is 3. The second kappa shape index (κ2) is 4.65. The molecule has 0 aromatic rings. The van der Waals surface area contributed by atoms with Crippen molar-refractivity contribution in [1.82, 2.24) is 5.32 Å². The van der Waals surface area contributed by atoms with Crippen molar-refractivity contribution < 1.29 is 0 Å². The first-order valence-corrected chi connectivity index (χ1v) is 6.52. The topological polar surface area (TPSA) is 12.0 Å². The lowest BCUT2D eigenvalue weighted by Gasteiger charge is -2.39. The molecular weight excluding hydrogens is 170 g/mol. The van der Waals surface area contributed by atoms with Crippen molar-refractivity contribution >= 4 is 0 Å². The van der Waals surface area contributed by atoms with Crippen LogP contribution in [0.5, 0.6) is 0 Å². The van der Waals surface area contributed by atoms with Gasteiger partial charge in [-0.05, 0) is 31.1 Å². The fourth-order valence-electron chi connectivity index (χ4n) is 2.83. The Morgan fingerprint density at radius 1 is 1.00 bits per heavy atom. The highest BCUT2D eigenvalue weighted by molar-refractivity contribution is 4.86. The van der Waals surface area contributed by atoms with Crippen molar-refractivity contribution in [3.8, 4) is 0 Å². The molecule has 0 spiro atoms. The van der Waals surface area contributed by atoms with E-state index in [1.54, 1.807) is 0 Å². The molecule has 2 saturated carbocycles. The Morgan fingerprint density at radius 3 is 2.14 bits per heavy atom. The van der Waals surface area contributed by atoms with Crippen LogP contribution in [0.25, 0.3) is 0 Å². The van der Waals surface area contributed by atoms with E-state index in [0.29, 0.717) is 5.41 Å². The summed E-state index contributed by atoms with van der Waals surface area (Å²) < 4.78 is 0. The summed E-state index contributed by atoms with van der Waals surface area (Å²) in [6.45, 7) is 3.72. The standard InChI is InChI=1S/C13H25N/c1-13(9-6-10-13)11-14-12-7-4-2-3-5-8-12/h12,14H,2-11H2,1H3. The summed E-state index contributed by atoms with van der Waals surface area (Å²) in [5, 5.41) is 3.80. The number of hydrogen-bond acceptors (Lipinski definition) is 1. The zero-order valence-electron chi connectivity index (χ0n) is 9.65. The average molecular weight is 195 g/mol. The van der Waals surface area contributed by atoms with Crippen molar-refractivity contribution in [2.24, 2.45) is 5.41 Å². The van der Waals surface area contributed by atoms with Gasteiger partial charge in [-0.15, -0.1) is 0 Å². The van der Waals surface area contributed by atoms with E-state index in [1.807, 2.05) is 0 Å². The molecule has 0 aromatic carbocycles. The normalized spacial score (nSPS) is 28.1. The largest absolute Gasteiger partial charge is 0.313 e. The van der Waals surface area contributed by atoms with Gasteiger partial charge in [0.05, 0.1) is 0 Å². The highest BCUT2D eigenvalue weighted by atomic mass is 14.9. The number of hydrogen-bond donors (Lipinski definition) is 1. The quantitative estimate of drug-likeness (QED) is 0.680. The van der Waals surface area contributed by atoms with Crippen LogP contribution in [-0.2, 0) is 0 Å². The van der Waals surface area contributed by atoms with E-state index in [4.69, 9.17) is 0 Å². The molecule has 2 aliphatic rings. The van der Waals surface area contributed by atoms with E-state index in [-0.39, 0.29) is 0 Å². The van der Waals surface area contributed by atoms with Crippen LogP contribution in [0.3, 0.4) is 0 Å². The Labute approximate surface area is 88.7 Å². The van der Waals surface area contributed by atoms with Gasteiger partial charge in [0, 0.05) is 12.6 Å². The van der Waals surface area contributed by atoms with E-state index < -0.39 is 0 Å². The molecule has 1 nitrogen and oxygen atoms in total. The molecule has 82 valence electrons. The first-order valence-electron chi connectivity index (χ1n) is 6.52. The fraction of sp³-hybridized carbons (Fsp3) is 1.00. The molecule has 0 amide bonds. The second-order valence-electron chi connectivity index (χ2n) is 5.73. The SMILES string of the molecule is CC1(CNC2CCCCCC2)CCC1. The van der Waals surface area contributed by atoms with Crippen LogP contribution >= 0.6 is 0 Å². The Hall–Kier alpha value is -0.0400. The maximum Gasteiger partial charge on any atom is 0.00672 e. The van der Waals surface area contributed by atoms with Crippen LogP contribution in [0.15, 0.2) is 0 Å². The predicted molar refractivity (Wildman–Crippen MR) is 61.5 cm³/mol. The molecule has 2 fully saturated rings. The summed E-state index contributed by atoms with van der Waals surface area (Å²) in [7, 11) is 0. The zero-order valence-corrected chi connectivity index (χ0v) is 9.65. The minimum atomic E-state index is 0.659. The van der Waals surface area contributed by atoms with Crippen LogP contribution in [0, 0.1) is 5.41 Å². The molecule has 0 saturated heterocycles. The maximum atomic E-state index is 3.80. The summed E-state index contributed by atoms with van der Waals surface area (Å²) in [6, 6.07) is 0.843. The zero-order chi connectivity index (χ0) is 9.86. The molecule has 14 heavy (non-hydrogen) atoms. The molecule has 0 aliphatic heterocycles. The summed E-state index contributed by atoms with van der Waals surface area (Å²) in [4.78, 5) is 0. The molecular formula is C13H25N. The highest BCUT2D eigenvalue weighted by Gasteiger charge is 2.31. The summed E-state index contributed by atoms with van der Waals surface area (Å²) in [5.74, 6) is 0. The molecule has 2 rings (SSSR count). The van der Waals surface area contributed by atoms with E-state index in [1.165, 1.54) is 64.3 Å². The average Bonchev–Trinajstić information content (AvgIpc) is 2.40. The van der Waals surface area contributed by atoms with Gasteiger partial charge >= 0.3 is 0 Å². The predicted octanol–water partition coefficient (Wildman–Crippen LogP) is 3.49. The van der Waals surface area contributed by atoms with Gasteiger partial charge in [-0.25, -0.2) is 0 Å². The molecule has 0 atom stereocenters. The summed E-state index contributed by atoms with van der Waals surface area (Å²) >= 11 is 0. The lowest BCUT2D eigenvalue weighted by atomic mass is 9.70. The van der Waals surface area contributed by atoms with E-state index in [2.05, 4.69) is 12.2 Å². The molecule has 0 unspecified atom stereocenters. The molecule has 0 radical (unpaired) electrons. The molecule has 2 aliphatic carbocycles. The minimum Gasteiger partial charge on any atom is -0.313 e. The summed E-state index contributed by atoms with van der Waals surface area (Å²) in [5.41, 5.74) is 0.659. The maximum absolute atomic E-state index is 3.80. The van der Waals surface area contributed by atoms with Crippen LogP contribution in [0.4, 0.5) is 0 Å². The Kier molecular flexibility index (Phi) is 3.48. The second-order valence-corrected chi connectivity index (χ2v) is 5.73. The Bertz CT molecular complexity index is 164. The molecule has 1 N–H and O–H groups in total. The molecule has 0 heterocycles. The third kappa shape index (κ3) is 2.73. The van der Waals surface area contributed by atoms with Crippen LogP contribution in [0.1, 0.15) is 64.7 Å². The van der Waals surface area contributed by atoms with Crippen LogP contribution < -0.4 is 5.32 Å².